The highest BCUT2D eigenvalue weighted by molar-refractivity contribution is 4.92. The van der Waals surface area contributed by atoms with Crippen LogP contribution in [0.3, 0.4) is 0 Å². The van der Waals surface area contributed by atoms with Crippen LogP contribution in [-0.4, -0.2) is 47.8 Å². The molecule has 0 aromatic heterocycles. The second-order valence-electron chi connectivity index (χ2n) is 8.12. The summed E-state index contributed by atoms with van der Waals surface area (Å²) in [4.78, 5) is 2.69. The molecule has 0 amide bonds. The van der Waals surface area contributed by atoms with E-state index >= 15 is 0 Å². The van der Waals surface area contributed by atoms with E-state index in [0.29, 0.717) is 12.0 Å². The normalized spacial score (nSPS) is 33.5. The first-order valence-corrected chi connectivity index (χ1v) is 9.91. The van der Waals surface area contributed by atoms with Crippen molar-refractivity contribution in [1.29, 1.82) is 0 Å². The highest BCUT2D eigenvalue weighted by Crippen LogP contribution is 2.31. The molecule has 3 atom stereocenters. The first kappa shape index (κ1) is 16.7. The van der Waals surface area contributed by atoms with Gasteiger partial charge in [-0.25, -0.2) is 0 Å². The van der Waals surface area contributed by atoms with Gasteiger partial charge in [0.25, 0.3) is 0 Å². The van der Waals surface area contributed by atoms with Crippen LogP contribution >= 0.6 is 0 Å². The van der Waals surface area contributed by atoms with Gasteiger partial charge in [-0.05, 0) is 56.9 Å². The topological polar surface area (TPSA) is 35.5 Å². The first-order chi connectivity index (χ1) is 10.8. The summed E-state index contributed by atoms with van der Waals surface area (Å²) in [6, 6.07) is 1.41. The van der Waals surface area contributed by atoms with Crippen LogP contribution in [0.5, 0.6) is 0 Å². The molecule has 1 aliphatic heterocycles. The number of hydrogen-bond acceptors (Lipinski definition) is 3. The van der Waals surface area contributed by atoms with E-state index in [0.717, 1.165) is 24.9 Å². The SMILES string of the molecule is CCC(O)C1CC(NCC2CCCCC2)CN(C2CCC2)C1. The van der Waals surface area contributed by atoms with Crippen LogP contribution in [0.15, 0.2) is 0 Å². The molecule has 3 aliphatic rings. The van der Waals surface area contributed by atoms with Gasteiger partial charge in [0.15, 0.2) is 0 Å². The minimum Gasteiger partial charge on any atom is -0.393 e. The third kappa shape index (κ3) is 4.24. The number of hydrogen-bond donors (Lipinski definition) is 2. The van der Waals surface area contributed by atoms with Gasteiger partial charge in [0.1, 0.15) is 0 Å². The van der Waals surface area contributed by atoms with Crippen molar-refractivity contribution in [3.05, 3.63) is 0 Å². The van der Waals surface area contributed by atoms with E-state index in [2.05, 4.69) is 17.1 Å². The minimum atomic E-state index is -0.109. The zero-order valence-electron chi connectivity index (χ0n) is 14.5. The molecule has 3 rings (SSSR count). The lowest BCUT2D eigenvalue weighted by Gasteiger charge is -2.46. The summed E-state index contributed by atoms with van der Waals surface area (Å²) >= 11 is 0. The second-order valence-corrected chi connectivity index (χ2v) is 8.12. The Morgan fingerprint density at radius 2 is 1.82 bits per heavy atom. The van der Waals surface area contributed by atoms with Gasteiger partial charge < -0.3 is 10.4 Å². The summed E-state index contributed by atoms with van der Waals surface area (Å²) in [6.45, 7) is 5.67. The molecule has 0 bridgehead atoms. The van der Waals surface area contributed by atoms with Crippen LogP contribution in [0.4, 0.5) is 0 Å². The average Bonchev–Trinajstić information content (AvgIpc) is 2.51. The molecule has 3 heteroatoms. The Balaban J connectivity index is 1.51. The molecular formula is C19H36N2O. The fraction of sp³-hybridized carbons (Fsp3) is 1.00. The van der Waals surface area contributed by atoms with Gasteiger partial charge in [0.2, 0.25) is 0 Å². The van der Waals surface area contributed by atoms with Gasteiger partial charge in [-0.3, -0.25) is 4.90 Å². The second kappa shape index (κ2) is 8.12. The number of aliphatic hydroxyl groups excluding tert-OH is 1. The third-order valence-electron chi connectivity index (χ3n) is 6.48. The predicted octanol–water partition coefficient (Wildman–Crippen LogP) is 3.17. The lowest BCUT2D eigenvalue weighted by atomic mass is 9.83. The van der Waals surface area contributed by atoms with E-state index in [1.807, 2.05) is 0 Å². The number of likely N-dealkylation sites (tertiary alicyclic amines) is 1. The summed E-state index contributed by atoms with van der Waals surface area (Å²) in [7, 11) is 0. The van der Waals surface area contributed by atoms with Crippen LogP contribution in [-0.2, 0) is 0 Å². The monoisotopic (exact) mass is 308 g/mol. The Morgan fingerprint density at radius 3 is 2.45 bits per heavy atom. The molecular weight excluding hydrogens is 272 g/mol. The lowest BCUT2D eigenvalue weighted by Crippen LogP contribution is -2.56. The van der Waals surface area contributed by atoms with Crippen molar-refractivity contribution in [3.63, 3.8) is 0 Å². The maximum atomic E-state index is 10.4. The molecule has 3 unspecified atom stereocenters. The maximum Gasteiger partial charge on any atom is 0.0578 e. The predicted molar refractivity (Wildman–Crippen MR) is 92.0 cm³/mol. The van der Waals surface area contributed by atoms with Crippen molar-refractivity contribution in [1.82, 2.24) is 10.2 Å². The molecule has 1 heterocycles. The smallest absolute Gasteiger partial charge is 0.0578 e. The van der Waals surface area contributed by atoms with Gasteiger partial charge in [-0.15, -0.1) is 0 Å². The zero-order chi connectivity index (χ0) is 15.4. The Morgan fingerprint density at radius 1 is 1.05 bits per heavy atom. The van der Waals surface area contributed by atoms with Crippen molar-refractivity contribution < 1.29 is 5.11 Å². The highest BCUT2D eigenvalue weighted by Gasteiger charge is 2.35. The Labute approximate surface area is 136 Å². The quantitative estimate of drug-likeness (QED) is 0.791. The molecule has 2 saturated carbocycles. The molecule has 0 radical (unpaired) electrons. The van der Waals surface area contributed by atoms with Crippen molar-refractivity contribution in [2.24, 2.45) is 11.8 Å². The standard InChI is InChI=1S/C19H36N2O/c1-2-19(22)16-11-17(14-21(13-16)18-9-6-10-18)20-12-15-7-4-3-5-8-15/h15-20,22H,2-14H2,1H3. The first-order valence-electron chi connectivity index (χ1n) is 9.91. The van der Waals surface area contributed by atoms with Crippen molar-refractivity contribution in [3.8, 4) is 0 Å². The largest absolute Gasteiger partial charge is 0.393 e. The van der Waals surface area contributed by atoms with Crippen LogP contribution in [0.25, 0.3) is 0 Å². The van der Waals surface area contributed by atoms with Crippen molar-refractivity contribution >= 4 is 0 Å². The van der Waals surface area contributed by atoms with E-state index in [-0.39, 0.29) is 6.10 Å². The zero-order valence-corrected chi connectivity index (χ0v) is 14.5. The van der Waals surface area contributed by atoms with Gasteiger partial charge in [0, 0.05) is 25.2 Å². The van der Waals surface area contributed by atoms with Crippen LogP contribution < -0.4 is 5.32 Å². The van der Waals surface area contributed by atoms with E-state index in [9.17, 15) is 5.11 Å². The summed E-state index contributed by atoms with van der Waals surface area (Å²) in [5.41, 5.74) is 0. The Hall–Kier alpha value is -0.120. The maximum absolute atomic E-state index is 10.4. The molecule has 3 nitrogen and oxygen atoms in total. The number of nitrogens with zero attached hydrogens (tertiary/aromatic N) is 1. The van der Waals surface area contributed by atoms with Gasteiger partial charge in [0.05, 0.1) is 6.10 Å². The van der Waals surface area contributed by atoms with Gasteiger partial charge >= 0.3 is 0 Å². The number of piperidine rings is 1. The lowest BCUT2D eigenvalue weighted by molar-refractivity contribution is 0.00203. The Bertz CT molecular complexity index is 313. The van der Waals surface area contributed by atoms with Gasteiger partial charge in [-0.2, -0.15) is 0 Å². The van der Waals surface area contributed by atoms with E-state index in [4.69, 9.17) is 0 Å². The molecule has 128 valence electrons. The molecule has 0 spiro atoms. The summed E-state index contributed by atoms with van der Waals surface area (Å²) < 4.78 is 0. The molecule has 2 N–H and O–H groups in total. The van der Waals surface area contributed by atoms with E-state index < -0.39 is 0 Å². The molecule has 0 aromatic carbocycles. The molecule has 2 aliphatic carbocycles. The van der Waals surface area contributed by atoms with Crippen LogP contribution in [0.2, 0.25) is 0 Å². The molecule has 3 fully saturated rings. The minimum absolute atomic E-state index is 0.109. The highest BCUT2D eigenvalue weighted by atomic mass is 16.3. The summed E-state index contributed by atoms with van der Waals surface area (Å²) in [6.07, 6.45) is 13.3. The fourth-order valence-electron chi connectivity index (χ4n) is 4.71. The Kier molecular flexibility index (Phi) is 6.17. The average molecular weight is 309 g/mol. The molecule has 0 aromatic rings. The number of rotatable bonds is 6. The van der Waals surface area contributed by atoms with E-state index in [1.54, 1.807) is 0 Å². The number of aliphatic hydroxyl groups is 1. The van der Waals surface area contributed by atoms with Crippen molar-refractivity contribution in [2.45, 2.75) is 89.3 Å². The van der Waals surface area contributed by atoms with Crippen molar-refractivity contribution in [2.75, 3.05) is 19.6 Å². The number of nitrogens with one attached hydrogen (secondary N) is 1. The van der Waals surface area contributed by atoms with Gasteiger partial charge in [-0.1, -0.05) is 32.6 Å². The summed E-state index contributed by atoms with van der Waals surface area (Å²) in [5.74, 6) is 1.38. The fourth-order valence-corrected chi connectivity index (χ4v) is 4.71. The molecule has 22 heavy (non-hydrogen) atoms. The molecule has 1 saturated heterocycles. The van der Waals surface area contributed by atoms with E-state index in [1.165, 1.54) is 70.9 Å². The summed E-state index contributed by atoms with van der Waals surface area (Å²) in [5, 5.41) is 14.2. The third-order valence-corrected chi connectivity index (χ3v) is 6.48. The van der Waals surface area contributed by atoms with Crippen LogP contribution in [0.1, 0.15) is 71.1 Å². The van der Waals surface area contributed by atoms with Crippen LogP contribution in [0, 0.1) is 11.8 Å².